The smallest absolute Gasteiger partial charge is 0.407 e. The normalized spacial score (nSPS) is 16.5. The van der Waals surface area contributed by atoms with Gasteiger partial charge >= 0.3 is 6.09 Å². The summed E-state index contributed by atoms with van der Waals surface area (Å²) in [6.45, 7) is 12.8. The van der Waals surface area contributed by atoms with Crippen molar-refractivity contribution in [3.05, 3.63) is 77.1 Å². The molecule has 3 aromatic rings. The fourth-order valence-corrected chi connectivity index (χ4v) is 6.23. The standard InChI is InChI=1S/C33H43FN6O5S/c1-32(2,3)22-13-16-24(35-19-22)25(15-12-21-9-8-18-40(20-21)31(42)43)36-27-10-7-11-28(38-27)46(44,45)39-30(41)23-14-17-26(33(4,5)6)37-29(23)34/h7,10-11,13-14,16-17,19,21,25H,8-9,12,15,18,20H2,1-6H3,(H,36,38)(H,39,41)(H,42,43)/t21-,25?/m1/s1. The van der Waals surface area contributed by atoms with E-state index >= 15 is 0 Å². The van der Waals surface area contributed by atoms with Crippen LogP contribution >= 0.6 is 0 Å². The highest BCUT2D eigenvalue weighted by atomic mass is 32.2. The van der Waals surface area contributed by atoms with Crippen molar-refractivity contribution >= 4 is 27.8 Å². The third kappa shape index (κ3) is 8.77. The van der Waals surface area contributed by atoms with Crippen molar-refractivity contribution in [2.45, 2.75) is 89.1 Å². The number of nitrogens with one attached hydrogen (secondary N) is 2. The Kier molecular flexibility index (Phi) is 10.3. The van der Waals surface area contributed by atoms with Gasteiger partial charge in [-0.3, -0.25) is 9.78 Å². The first kappa shape index (κ1) is 34.7. The number of nitrogens with zero attached hydrogens (tertiary/aromatic N) is 4. The minimum atomic E-state index is -4.47. The monoisotopic (exact) mass is 654 g/mol. The van der Waals surface area contributed by atoms with Gasteiger partial charge in [0.1, 0.15) is 5.82 Å². The summed E-state index contributed by atoms with van der Waals surface area (Å²) in [6, 6.07) is 10.6. The Morgan fingerprint density at radius 3 is 2.39 bits per heavy atom. The number of carbonyl (C=O) groups excluding carboxylic acids is 1. The first-order valence-electron chi connectivity index (χ1n) is 15.4. The van der Waals surface area contributed by atoms with Crippen LogP contribution < -0.4 is 10.0 Å². The van der Waals surface area contributed by atoms with Gasteiger partial charge in [-0.2, -0.15) is 12.8 Å². The summed E-state index contributed by atoms with van der Waals surface area (Å²) < 4.78 is 43.0. The van der Waals surface area contributed by atoms with Gasteiger partial charge in [0.25, 0.3) is 15.9 Å². The number of anilines is 1. The summed E-state index contributed by atoms with van der Waals surface area (Å²) in [5.41, 5.74) is 1.14. The van der Waals surface area contributed by atoms with Gasteiger partial charge in [0.2, 0.25) is 5.95 Å². The van der Waals surface area contributed by atoms with Gasteiger partial charge in [0.15, 0.2) is 5.03 Å². The lowest BCUT2D eigenvalue weighted by Gasteiger charge is -2.31. The number of likely N-dealkylation sites (tertiary alicyclic amines) is 1. The summed E-state index contributed by atoms with van der Waals surface area (Å²) in [7, 11) is -4.47. The first-order chi connectivity index (χ1) is 21.4. The number of carboxylic acid groups (broad SMARTS) is 1. The molecule has 13 heteroatoms. The molecule has 1 saturated heterocycles. The second kappa shape index (κ2) is 13.7. The van der Waals surface area contributed by atoms with Crippen molar-refractivity contribution in [3.8, 4) is 0 Å². The molecule has 1 aliphatic heterocycles. The number of hydrogen-bond donors (Lipinski definition) is 3. The highest BCUT2D eigenvalue weighted by molar-refractivity contribution is 7.90. The van der Waals surface area contributed by atoms with Gasteiger partial charge in [0.05, 0.1) is 17.3 Å². The zero-order valence-electron chi connectivity index (χ0n) is 27.2. The number of aromatic nitrogens is 3. The number of piperidine rings is 1. The first-order valence-corrected chi connectivity index (χ1v) is 16.8. The van der Waals surface area contributed by atoms with E-state index in [0.717, 1.165) is 24.1 Å². The lowest BCUT2D eigenvalue weighted by atomic mass is 9.87. The second-order valence-electron chi connectivity index (χ2n) is 13.8. The molecule has 1 aliphatic rings. The van der Waals surface area contributed by atoms with Crippen LogP contribution in [0.4, 0.5) is 15.0 Å². The molecular formula is C33H43FN6O5S. The number of rotatable bonds is 9. The van der Waals surface area contributed by atoms with Crippen molar-refractivity contribution < 1.29 is 27.5 Å². The molecule has 11 nitrogen and oxygen atoms in total. The van der Waals surface area contributed by atoms with Crippen LogP contribution in [0, 0.1) is 11.9 Å². The Morgan fingerprint density at radius 2 is 1.78 bits per heavy atom. The van der Waals surface area contributed by atoms with Crippen LogP contribution in [-0.2, 0) is 20.9 Å². The fraction of sp³-hybridized carbons (Fsp3) is 0.485. The van der Waals surface area contributed by atoms with Crippen LogP contribution in [0.3, 0.4) is 0 Å². The lowest BCUT2D eigenvalue weighted by molar-refractivity contribution is 0.0976. The molecule has 1 fully saturated rings. The maximum atomic E-state index is 14.7. The lowest BCUT2D eigenvalue weighted by Crippen LogP contribution is -2.39. The highest BCUT2D eigenvalue weighted by Gasteiger charge is 2.27. The third-order valence-electron chi connectivity index (χ3n) is 8.07. The number of amides is 2. The third-order valence-corrected chi connectivity index (χ3v) is 9.30. The van der Waals surface area contributed by atoms with Crippen LogP contribution in [-0.4, -0.2) is 58.5 Å². The summed E-state index contributed by atoms with van der Waals surface area (Å²) >= 11 is 0. The molecule has 0 aromatic carbocycles. The van der Waals surface area contributed by atoms with E-state index < -0.39 is 44.0 Å². The zero-order valence-corrected chi connectivity index (χ0v) is 28.0. The quantitative estimate of drug-likeness (QED) is 0.234. The molecule has 248 valence electrons. The van der Waals surface area contributed by atoms with Gasteiger partial charge in [-0.1, -0.05) is 53.7 Å². The summed E-state index contributed by atoms with van der Waals surface area (Å²) in [4.78, 5) is 38.6. The molecular weight excluding hydrogens is 611 g/mol. The molecule has 0 bridgehead atoms. The molecule has 1 unspecified atom stereocenters. The SMILES string of the molecule is CC(C)(C)c1ccc(C(CC[C@H]2CCCN(C(=O)O)C2)Nc2cccc(S(=O)(=O)NC(=O)c3ccc(C(C)(C)C)nc3F)n2)nc1. The van der Waals surface area contributed by atoms with E-state index in [0.29, 0.717) is 31.6 Å². The predicted octanol–water partition coefficient (Wildman–Crippen LogP) is 6.05. The Labute approximate surface area is 270 Å². The predicted molar refractivity (Wildman–Crippen MR) is 173 cm³/mol. The largest absolute Gasteiger partial charge is 0.465 e. The van der Waals surface area contributed by atoms with E-state index in [-0.39, 0.29) is 23.2 Å². The number of sulfonamides is 1. The van der Waals surface area contributed by atoms with E-state index in [1.54, 1.807) is 6.07 Å². The summed E-state index contributed by atoms with van der Waals surface area (Å²) in [5, 5.41) is 12.3. The van der Waals surface area contributed by atoms with Crippen molar-refractivity contribution in [1.82, 2.24) is 24.6 Å². The molecule has 0 radical (unpaired) electrons. The van der Waals surface area contributed by atoms with E-state index in [1.807, 2.05) is 43.8 Å². The molecule has 3 N–H and O–H groups in total. The summed E-state index contributed by atoms with van der Waals surface area (Å²) in [6.07, 6.45) is 3.91. The van der Waals surface area contributed by atoms with E-state index in [9.17, 15) is 27.5 Å². The maximum Gasteiger partial charge on any atom is 0.407 e. The molecule has 4 rings (SSSR count). The van der Waals surface area contributed by atoms with Gasteiger partial charge < -0.3 is 15.3 Å². The Morgan fingerprint density at radius 1 is 1.04 bits per heavy atom. The maximum absolute atomic E-state index is 14.7. The molecule has 0 spiro atoms. The minimum Gasteiger partial charge on any atom is -0.465 e. The van der Waals surface area contributed by atoms with E-state index in [1.165, 1.54) is 29.2 Å². The number of pyridine rings is 3. The second-order valence-corrected chi connectivity index (χ2v) is 15.4. The average Bonchev–Trinajstić information content (AvgIpc) is 2.98. The van der Waals surface area contributed by atoms with Gasteiger partial charge in [-0.15, -0.1) is 0 Å². The molecule has 0 aliphatic carbocycles. The van der Waals surface area contributed by atoms with E-state index in [2.05, 4.69) is 36.1 Å². The van der Waals surface area contributed by atoms with Gasteiger partial charge in [-0.05, 0) is 72.9 Å². The van der Waals surface area contributed by atoms with Gasteiger partial charge in [-0.25, -0.2) is 19.5 Å². The van der Waals surface area contributed by atoms with Gasteiger partial charge in [0, 0.05) is 30.4 Å². The van der Waals surface area contributed by atoms with Crippen molar-refractivity contribution in [2.24, 2.45) is 5.92 Å². The topological polar surface area (TPSA) is 154 Å². The zero-order chi connectivity index (χ0) is 33.9. The molecule has 46 heavy (non-hydrogen) atoms. The molecule has 3 aromatic heterocycles. The Balaban J connectivity index is 1.54. The highest BCUT2D eigenvalue weighted by Crippen LogP contribution is 2.30. The van der Waals surface area contributed by atoms with Crippen LogP contribution in [0.25, 0.3) is 0 Å². The number of halogens is 1. The Bertz CT molecular complexity index is 1670. The Hall–Kier alpha value is -4.13. The summed E-state index contributed by atoms with van der Waals surface area (Å²) in [5.74, 6) is -1.82. The number of hydrogen-bond acceptors (Lipinski definition) is 8. The number of carbonyl (C=O) groups is 2. The minimum absolute atomic E-state index is 0.0981. The molecule has 2 atom stereocenters. The van der Waals surface area contributed by atoms with Crippen molar-refractivity contribution in [2.75, 3.05) is 18.4 Å². The molecule has 0 saturated carbocycles. The fourth-order valence-electron chi connectivity index (χ4n) is 5.30. The van der Waals surface area contributed by atoms with Crippen LogP contribution in [0.5, 0.6) is 0 Å². The van der Waals surface area contributed by atoms with Crippen LogP contribution in [0.15, 0.2) is 53.7 Å². The van der Waals surface area contributed by atoms with E-state index in [4.69, 9.17) is 4.98 Å². The van der Waals surface area contributed by atoms with Crippen LogP contribution in [0.1, 0.15) is 101 Å². The van der Waals surface area contributed by atoms with Crippen molar-refractivity contribution in [3.63, 3.8) is 0 Å². The van der Waals surface area contributed by atoms with Crippen molar-refractivity contribution in [1.29, 1.82) is 0 Å². The van der Waals surface area contributed by atoms with Crippen LogP contribution in [0.2, 0.25) is 0 Å². The molecule has 4 heterocycles. The average molecular weight is 655 g/mol. The molecule has 2 amide bonds.